The van der Waals surface area contributed by atoms with Gasteiger partial charge in [0.25, 0.3) is 0 Å². The molecule has 0 saturated carbocycles. The molecule has 0 atom stereocenters. The Hall–Kier alpha value is -0.980. The normalized spacial score (nSPS) is 19.1. The lowest BCUT2D eigenvalue weighted by Crippen LogP contribution is -2.25. The molecular weight excluding hydrogens is 182 g/mol. The minimum atomic E-state index is 1.24. The van der Waals surface area contributed by atoms with Gasteiger partial charge in [-0.2, -0.15) is 0 Å². The Morgan fingerprint density at radius 2 is 1.20 bits per heavy atom. The molecule has 1 aromatic rings. The predicted molar refractivity (Wildman–Crippen MR) is 66.4 cm³/mol. The van der Waals surface area contributed by atoms with E-state index in [1.165, 1.54) is 57.3 Å². The Morgan fingerprint density at radius 3 is 1.80 bits per heavy atom. The van der Waals surface area contributed by atoms with Crippen LogP contribution in [-0.2, 0) is 0 Å². The fourth-order valence-electron chi connectivity index (χ4n) is 2.32. The molecule has 1 saturated heterocycles. The molecule has 1 aliphatic heterocycles. The third-order valence-corrected chi connectivity index (χ3v) is 3.23. The van der Waals surface area contributed by atoms with Crippen LogP contribution >= 0.6 is 0 Å². The van der Waals surface area contributed by atoms with E-state index in [1.807, 2.05) is 0 Å². The van der Waals surface area contributed by atoms with E-state index < -0.39 is 0 Å². The first-order chi connectivity index (χ1) is 7.47. The van der Waals surface area contributed by atoms with E-state index in [0.29, 0.717) is 0 Å². The van der Waals surface area contributed by atoms with E-state index in [4.69, 9.17) is 0 Å². The smallest absolute Gasteiger partial charge is 0.0366 e. The second kappa shape index (κ2) is 5.79. The number of anilines is 1. The first kappa shape index (κ1) is 10.5. The maximum atomic E-state index is 2.55. The summed E-state index contributed by atoms with van der Waals surface area (Å²) in [4.78, 5) is 2.55. The Balaban J connectivity index is 1.99. The third-order valence-electron chi connectivity index (χ3n) is 3.23. The van der Waals surface area contributed by atoms with Gasteiger partial charge in [-0.05, 0) is 25.0 Å². The van der Waals surface area contributed by atoms with Crippen molar-refractivity contribution in [3.8, 4) is 0 Å². The number of hydrogen-bond acceptors (Lipinski definition) is 1. The van der Waals surface area contributed by atoms with E-state index in [0.717, 1.165) is 0 Å². The zero-order chi connectivity index (χ0) is 10.3. The van der Waals surface area contributed by atoms with Gasteiger partial charge >= 0.3 is 0 Å². The molecule has 15 heavy (non-hydrogen) atoms. The molecule has 1 heteroatoms. The number of benzene rings is 1. The number of rotatable bonds is 1. The maximum absolute atomic E-state index is 2.55. The number of hydrogen-bond donors (Lipinski definition) is 0. The average Bonchev–Trinajstić information content (AvgIpc) is 2.43. The van der Waals surface area contributed by atoms with Crippen LogP contribution in [0.4, 0.5) is 5.69 Å². The molecule has 1 aromatic carbocycles. The van der Waals surface area contributed by atoms with Crippen molar-refractivity contribution in [2.75, 3.05) is 18.0 Å². The van der Waals surface area contributed by atoms with Crippen molar-refractivity contribution in [2.24, 2.45) is 0 Å². The molecule has 0 radical (unpaired) electrons. The highest BCUT2D eigenvalue weighted by molar-refractivity contribution is 5.45. The second-order valence-electron chi connectivity index (χ2n) is 4.44. The lowest BCUT2D eigenvalue weighted by Gasteiger charge is -2.24. The molecule has 0 N–H and O–H groups in total. The van der Waals surface area contributed by atoms with Gasteiger partial charge < -0.3 is 4.90 Å². The molecule has 0 spiro atoms. The highest BCUT2D eigenvalue weighted by Gasteiger charge is 2.07. The summed E-state index contributed by atoms with van der Waals surface area (Å²) in [6, 6.07) is 10.8. The predicted octanol–water partition coefficient (Wildman–Crippen LogP) is 3.85. The van der Waals surface area contributed by atoms with Gasteiger partial charge in [-0.25, -0.2) is 0 Å². The van der Waals surface area contributed by atoms with Crippen LogP contribution in [-0.4, -0.2) is 13.1 Å². The molecule has 82 valence electrons. The molecule has 1 heterocycles. The van der Waals surface area contributed by atoms with Gasteiger partial charge in [0.1, 0.15) is 0 Å². The first-order valence-corrected chi connectivity index (χ1v) is 6.27. The van der Waals surface area contributed by atoms with Gasteiger partial charge in [0.2, 0.25) is 0 Å². The van der Waals surface area contributed by atoms with Crippen LogP contribution in [0.3, 0.4) is 0 Å². The molecule has 1 nitrogen and oxygen atoms in total. The largest absolute Gasteiger partial charge is 0.372 e. The summed E-state index contributed by atoms with van der Waals surface area (Å²) in [7, 11) is 0. The van der Waals surface area contributed by atoms with Crippen LogP contribution in [0, 0.1) is 0 Å². The highest BCUT2D eigenvalue weighted by atomic mass is 15.1. The van der Waals surface area contributed by atoms with Crippen molar-refractivity contribution in [1.29, 1.82) is 0 Å². The second-order valence-corrected chi connectivity index (χ2v) is 4.44. The van der Waals surface area contributed by atoms with Crippen molar-refractivity contribution in [1.82, 2.24) is 0 Å². The van der Waals surface area contributed by atoms with Gasteiger partial charge in [-0.3, -0.25) is 0 Å². The Kier molecular flexibility index (Phi) is 4.07. The van der Waals surface area contributed by atoms with E-state index in [2.05, 4.69) is 35.2 Å². The quantitative estimate of drug-likeness (QED) is 0.670. The highest BCUT2D eigenvalue weighted by Crippen LogP contribution is 2.18. The van der Waals surface area contributed by atoms with Gasteiger partial charge in [0, 0.05) is 18.8 Å². The standard InChI is InChI=1S/C14H21N/c1-2-4-9-13-15(12-8-3-1)14-10-6-5-7-11-14/h5-7,10-11H,1-4,8-9,12-13H2. The minimum Gasteiger partial charge on any atom is -0.372 e. The first-order valence-electron chi connectivity index (χ1n) is 6.27. The van der Waals surface area contributed by atoms with Crippen LogP contribution in [0.1, 0.15) is 38.5 Å². The molecule has 0 amide bonds. The van der Waals surface area contributed by atoms with Crippen LogP contribution in [0.5, 0.6) is 0 Å². The van der Waals surface area contributed by atoms with Crippen LogP contribution in [0.25, 0.3) is 0 Å². The Labute approximate surface area is 93.1 Å². The van der Waals surface area contributed by atoms with Crippen molar-refractivity contribution in [2.45, 2.75) is 38.5 Å². The topological polar surface area (TPSA) is 3.24 Å². The van der Waals surface area contributed by atoms with E-state index >= 15 is 0 Å². The van der Waals surface area contributed by atoms with Gasteiger partial charge in [0.15, 0.2) is 0 Å². The van der Waals surface area contributed by atoms with Crippen molar-refractivity contribution < 1.29 is 0 Å². The molecule has 0 bridgehead atoms. The molecule has 2 rings (SSSR count). The van der Waals surface area contributed by atoms with Gasteiger partial charge in [-0.15, -0.1) is 0 Å². The Morgan fingerprint density at radius 1 is 0.667 bits per heavy atom. The lowest BCUT2D eigenvalue weighted by atomic mass is 10.1. The summed E-state index contributed by atoms with van der Waals surface area (Å²) < 4.78 is 0. The summed E-state index contributed by atoms with van der Waals surface area (Å²) in [5.41, 5.74) is 1.40. The van der Waals surface area contributed by atoms with Crippen molar-refractivity contribution >= 4 is 5.69 Å². The van der Waals surface area contributed by atoms with Crippen LogP contribution < -0.4 is 4.90 Å². The van der Waals surface area contributed by atoms with Gasteiger partial charge in [-0.1, -0.05) is 43.9 Å². The zero-order valence-electron chi connectivity index (χ0n) is 9.49. The van der Waals surface area contributed by atoms with Crippen LogP contribution in [0.15, 0.2) is 30.3 Å². The molecule has 1 fully saturated rings. The molecule has 0 unspecified atom stereocenters. The molecular formula is C14H21N. The third kappa shape index (κ3) is 3.26. The van der Waals surface area contributed by atoms with E-state index in [-0.39, 0.29) is 0 Å². The fourth-order valence-corrected chi connectivity index (χ4v) is 2.32. The monoisotopic (exact) mass is 203 g/mol. The zero-order valence-corrected chi connectivity index (χ0v) is 9.49. The number of nitrogens with zero attached hydrogens (tertiary/aromatic N) is 1. The summed E-state index contributed by atoms with van der Waals surface area (Å²) in [6.45, 7) is 2.48. The summed E-state index contributed by atoms with van der Waals surface area (Å²) in [6.07, 6.45) is 8.39. The summed E-state index contributed by atoms with van der Waals surface area (Å²) >= 11 is 0. The average molecular weight is 203 g/mol. The molecule has 0 aliphatic carbocycles. The molecule has 1 aliphatic rings. The van der Waals surface area contributed by atoms with E-state index in [9.17, 15) is 0 Å². The van der Waals surface area contributed by atoms with Crippen molar-refractivity contribution in [3.05, 3.63) is 30.3 Å². The van der Waals surface area contributed by atoms with Gasteiger partial charge in [0.05, 0.1) is 0 Å². The summed E-state index contributed by atoms with van der Waals surface area (Å²) in [5, 5.41) is 0. The number of para-hydroxylation sites is 1. The van der Waals surface area contributed by atoms with E-state index in [1.54, 1.807) is 0 Å². The Bertz CT molecular complexity index is 258. The molecule has 0 aromatic heterocycles. The fraction of sp³-hybridized carbons (Fsp3) is 0.571. The van der Waals surface area contributed by atoms with Crippen molar-refractivity contribution in [3.63, 3.8) is 0 Å². The minimum absolute atomic E-state index is 1.24. The SMILES string of the molecule is c1ccc(N2CCCCCCCC2)cc1. The van der Waals surface area contributed by atoms with Crippen LogP contribution in [0.2, 0.25) is 0 Å². The maximum Gasteiger partial charge on any atom is 0.0366 e. The summed E-state index contributed by atoms with van der Waals surface area (Å²) in [5.74, 6) is 0. The lowest BCUT2D eigenvalue weighted by molar-refractivity contribution is 0.636.